The molecule has 0 saturated heterocycles. The van der Waals surface area contributed by atoms with Crippen LogP contribution in [0.2, 0.25) is 0 Å². The van der Waals surface area contributed by atoms with E-state index in [0.29, 0.717) is 29.1 Å². The van der Waals surface area contributed by atoms with Crippen molar-refractivity contribution in [3.63, 3.8) is 0 Å². The van der Waals surface area contributed by atoms with Crippen molar-refractivity contribution < 1.29 is 9.53 Å². The number of carbonyl (C=O) groups excluding carboxylic acids is 1. The fourth-order valence-electron chi connectivity index (χ4n) is 2.70. The van der Waals surface area contributed by atoms with Gasteiger partial charge in [0.25, 0.3) is 5.91 Å². The van der Waals surface area contributed by atoms with Crippen molar-refractivity contribution >= 4 is 11.6 Å². The van der Waals surface area contributed by atoms with E-state index < -0.39 is 0 Å². The van der Waals surface area contributed by atoms with E-state index in [4.69, 9.17) is 10.5 Å². The first-order valence-corrected chi connectivity index (χ1v) is 7.18. The molecule has 1 atom stereocenters. The molecule has 4 heteroatoms. The van der Waals surface area contributed by atoms with Crippen LogP contribution in [-0.2, 0) is 4.79 Å². The van der Waals surface area contributed by atoms with Crippen molar-refractivity contribution in [2.75, 3.05) is 12.4 Å². The van der Waals surface area contributed by atoms with Crippen molar-refractivity contribution in [1.82, 2.24) is 0 Å². The number of allylic oxidation sites excluding steroid dienone is 6. The minimum absolute atomic E-state index is 0.212. The Labute approximate surface area is 129 Å². The molecule has 1 aromatic carbocycles. The van der Waals surface area contributed by atoms with Gasteiger partial charge in [-0.05, 0) is 30.2 Å². The third kappa shape index (κ3) is 2.68. The van der Waals surface area contributed by atoms with Crippen LogP contribution in [0.1, 0.15) is 6.42 Å². The van der Waals surface area contributed by atoms with Crippen LogP contribution in [0.15, 0.2) is 71.5 Å². The summed E-state index contributed by atoms with van der Waals surface area (Å²) in [5, 5.41) is 2.87. The van der Waals surface area contributed by atoms with Gasteiger partial charge in [0, 0.05) is 11.6 Å². The zero-order valence-electron chi connectivity index (χ0n) is 12.4. The highest BCUT2D eigenvalue weighted by Gasteiger charge is 2.23. The Balaban J connectivity index is 1.85. The highest BCUT2D eigenvalue weighted by atomic mass is 16.5. The molecule has 0 fully saturated rings. The van der Waals surface area contributed by atoms with Crippen LogP contribution in [0, 0.1) is 5.92 Å². The number of nitrogens with one attached hydrogen (secondary N) is 1. The lowest BCUT2D eigenvalue weighted by molar-refractivity contribution is -0.112. The average Bonchev–Trinajstić information content (AvgIpc) is 2.54. The van der Waals surface area contributed by atoms with Crippen molar-refractivity contribution in [1.29, 1.82) is 0 Å². The van der Waals surface area contributed by atoms with Crippen molar-refractivity contribution in [3.05, 3.63) is 71.5 Å². The maximum absolute atomic E-state index is 12.5. The monoisotopic (exact) mass is 294 g/mol. The van der Waals surface area contributed by atoms with Crippen LogP contribution in [-0.4, -0.2) is 13.0 Å². The predicted molar refractivity (Wildman–Crippen MR) is 87.3 cm³/mol. The molecule has 0 radical (unpaired) electrons. The third-order valence-electron chi connectivity index (χ3n) is 3.87. The number of nitrogens with two attached hydrogens (primary N) is 1. The fourth-order valence-corrected chi connectivity index (χ4v) is 2.70. The van der Waals surface area contributed by atoms with Gasteiger partial charge in [0.15, 0.2) is 0 Å². The number of methoxy groups -OCH3 is 1. The average molecular weight is 294 g/mol. The second-order valence-corrected chi connectivity index (χ2v) is 5.29. The smallest absolute Gasteiger partial charge is 0.257 e. The van der Waals surface area contributed by atoms with Gasteiger partial charge in [-0.1, -0.05) is 36.4 Å². The molecule has 4 nitrogen and oxygen atoms in total. The summed E-state index contributed by atoms with van der Waals surface area (Å²) in [6.45, 7) is 0. The van der Waals surface area contributed by atoms with Crippen LogP contribution in [0.25, 0.3) is 0 Å². The minimum Gasteiger partial charge on any atom is -0.495 e. The second kappa shape index (κ2) is 5.93. The van der Waals surface area contributed by atoms with E-state index in [1.54, 1.807) is 19.2 Å². The molecule has 22 heavy (non-hydrogen) atoms. The molecule has 2 aliphatic rings. The van der Waals surface area contributed by atoms with E-state index >= 15 is 0 Å². The highest BCUT2D eigenvalue weighted by molar-refractivity contribution is 6.07. The number of anilines is 1. The largest absolute Gasteiger partial charge is 0.495 e. The van der Waals surface area contributed by atoms with Gasteiger partial charge >= 0.3 is 0 Å². The molecule has 0 aromatic heterocycles. The number of para-hydroxylation sites is 2. The summed E-state index contributed by atoms with van der Waals surface area (Å²) >= 11 is 0. The van der Waals surface area contributed by atoms with E-state index in [0.717, 1.165) is 5.57 Å². The summed E-state index contributed by atoms with van der Waals surface area (Å²) in [6, 6.07) is 7.31. The summed E-state index contributed by atoms with van der Waals surface area (Å²) in [7, 11) is 1.57. The Hall–Kier alpha value is -2.75. The van der Waals surface area contributed by atoms with Crippen molar-refractivity contribution in [2.45, 2.75) is 6.42 Å². The highest BCUT2D eigenvalue weighted by Crippen LogP contribution is 2.32. The quantitative estimate of drug-likeness (QED) is 0.901. The Morgan fingerprint density at radius 3 is 2.95 bits per heavy atom. The maximum atomic E-state index is 12.5. The van der Waals surface area contributed by atoms with Crippen LogP contribution in [0.3, 0.4) is 0 Å². The SMILES string of the molecule is COc1ccccc1NC(=O)C1=C(N)CC2C=CC=CC2=C1. The maximum Gasteiger partial charge on any atom is 0.257 e. The van der Waals surface area contributed by atoms with Gasteiger partial charge in [-0.2, -0.15) is 0 Å². The fraction of sp³-hybridized carbons (Fsp3) is 0.167. The van der Waals surface area contributed by atoms with E-state index in [-0.39, 0.29) is 11.8 Å². The number of amides is 1. The molecule has 112 valence electrons. The van der Waals surface area contributed by atoms with Crippen LogP contribution in [0.4, 0.5) is 5.69 Å². The lowest BCUT2D eigenvalue weighted by Gasteiger charge is -2.24. The van der Waals surface area contributed by atoms with Gasteiger partial charge in [-0.3, -0.25) is 4.79 Å². The minimum atomic E-state index is -0.212. The van der Waals surface area contributed by atoms with Gasteiger partial charge in [-0.15, -0.1) is 0 Å². The molecule has 0 spiro atoms. The summed E-state index contributed by atoms with van der Waals surface area (Å²) in [5.41, 5.74) is 8.98. The van der Waals surface area contributed by atoms with Gasteiger partial charge in [0.1, 0.15) is 5.75 Å². The lowest BCUT2D eigenvalue weighted by Crippen LogP contribution is -2.23. The Bertz CT molecular complexity index is 726. The van der Waals surface area contributed by atoms with Gasteiger partial charge in [0.2, 0.25) is 0 Å². The van der Waals surface area contributed by atoms with E-state index in [1.165, 1.54) is 0 Å². The summed E-state index contributed by atoms with van der Waals surface area (Å²) in [6.07, 6.45) is 10.6. The molecular weight excluding hydrogens is 276 g/mol. The first kappa shape index (κ1) is 14.2. The second-order valence-electron chi connectivity index (χ2n) is 5.29. The summed E-state index contributed by atoms with van der Waals surface area (Å²) in [4.78, 5) is 12.5. The molecule has 0 saturated carbocycles. The first-order valence-electron chi connectivity index (χ1n) is 7.18. The molecule has 0 heterocycles. The van der Waals surface area contributed by atoms with Crippen LogP contribution >= 0.6 is 0 Å². The topological polar surface area (TPSA) is 64.3 Å². The number of fused-ring (bicyclic) bond motifs is 1. The number of ether oxygens (including phenoxy) is 1. The van der Waals surface area contributed by atoms with Crippen LogP contribution in [0.5, 0.6) is 5.75 Å². The number of benzene rings is 1. The molecule has 1 unspecified atom stereocenters. The van der Waals surface area contributed by atoms with Gasteiger partial charge < -0.3 is 15.8 Å². The Morgan fingerprint density at radius 2 is 2.14 bits per heavy atom. The first-order chi connectivity index (χ1) is 10.7. The summed E-state index contributed by atoms with van der Waals surface area (Å²) in [5.74, 6) is 0.681. The predicted octanol–water partition coefficient (Wildman–Crippen LogP) is 2.92. The molecule has 0 bridgehead atoms. The molecule has 0 aliphatic heterocycles. The van der Waals surface area contributed by atoms with E-state index in [9.17, 15) is 4.79 Å². The molecule has 2 aliphatic carbocycles. The standard InChI is InChI=1S/C18H18N2O2/c1-22-17-9-5-4-8-16(17)20-18(21)14-10-12-6-2-3-7-13(12)11-15(14)19/h2-10,13H,11,19H2,1H3,(H,20,21). The van der Waals surface area contributed by atoms with Gasteiger partial charge in [-0.25, -0.2) is 0 Å². The number of hydrogen-bond donors (Lipinski definition) is 2. The van der Waals surface area contributed by atoms with Crippen LogP contribution < -0.4 is 15.8 Å². The summed E-state index contributed by atoms with van der Waals surface area (Å²) < 4.78 is 5.25. The molecule has 1 amide bonds. The zero-order valence-corrected chi connectivity index (χ0v) is 12.4. The zero-order chi connectivity index (χ0) is 15.5. The Morgan fingerprint density at radius 1 is 1.32 bits per heavy atom. The third-order valence-corrected chi connectivity index (χ3v) is 3.87. The van der Waals surface area contributed by atoms with E-state index in [2.05, 4.69) is 11.4 Å². The van der Waals surface area contributed by atoms with Crippen molar-refractivity contribution in [2.24, 2.45) is 11.7 Å². The molecular formula is C18H18N2O2. The lowest BCUT2D eigenvalue weighted by atomic mass is 9.84. The molecule has 3 N–H and O–H groups in total. The number of carbonyl (C=O) groups is 1. The molecule has 1 aromatic rings. The normalized spacial score (nSPS) is 19.5. The molecule has 3 rings (SSSR count). The number of hydrogen-bond acceptors (Lipinski definition) is 3. The van der Waals surface area contributed by atoms with Crippen molar-refractivity contribution in [3.8, 4) is 5.75 Å². The number of rotatable bonds is 3. The van der Waals surface area contributed by atoms with Gasteiger partial charge in [0.05, 0.1) is 18.4 Å². The Kier molecular flexibility index (Phi) is 3.83. The van der Waals surface area contributed by atoms with E-state index in [1.807, 2.05) is 36.4 Å².